The lowest BCUT2D eigenvalue weighted by Crippen LogP contribution is -2.46. The average molecular weight is 455 g/mol. The second kappa shape index (κ2) is 9.50. The van der Waals surface area contributed by atoms with Gasteiger partial charge in [-0.1, -0.05) is 26.2 Å². The first-order valence-electron chi connectivity index (χ1n) is 13.4. The van der Waals surface area contributed by atoms with Gasteiger partial charge in [0.2, 0.25) is 0 Å². The highest BCUT2D eigenvalue weighted by Gasteiger charge is 2.41. The standard InChI is InChI=1S/C29H46N2O2/c1-19-12-21-15-22(13-19)18-29(6,17-21)31-26-14-20(2)24(27(32)33-28(3,4)5)16-25(26)30-23-10-8-7-9-11-23/h14,16,19,21-23,30-31H,7-13,15,17-18H2,1-6H3. The lowest BCUT2D eigenvalue weighted by atomic mass is 9.62. The first kappa shape index (κ1) is 24.4. The fraction of sp³-hybridized carbons (Fsp3) is 0.759. The molecule has 3 aliphatic rings. The van der Waals surface area contributed by atoms with Crippen LogP contribution in [0, 0.1) is 24.7 Å². The van der Waals surface area contributed by atoms with Crippen molar-refractivity contribution in [3.63, 3.8) is 0 Å². The molecule has 2 N–H and O–H groups in total. The number of esters is 1. The molecule has 2 bridgehead atoms. The predicted molar refractivity (Wildman–Crippen MR) is 138 cm³/mol. The number of ether oxygens (including phenoxy) is 1. The van der Waals surface area contributed by atoms with Gasteiger partial charge in [0.25, 0.3) is 0 Å². The first-order valence-corrected chi connectivity index (χ1v) is 13.4. The summed E-state index contributed by atoms with van der Waals surface area (Å²) in [5.74, 6) is 2.31. The first-order chi connectivity index (χ1) is 15.5. The maximum absolute atomic E-state index is 13.0. The van der Waals surface area contributed by atoms with E-state index < -0.39 is 5.60 Å². The molecular weight excluding hydrogens is 408 g/mol. The molecule has 1 aromatic rings. The zero-order valence-electron chi connectivity index (χ0n) is 21.9. The Morgan fingerprint density at radius 1 is 1.00 bits per heavy atom. The zero-order valence-corrected chi connectivity index (χ0v) is 21.9. The number of fused-ring (bicyclic) bond motifs is 2. The van der Waals surface area contributed by atoms with Gasteiger partial charge >= 0.3 is 5.97 Å². The second-order valence-corrected chi connectivity index (χ2v) is 12.8. The highest BCUT2D eigenvalue weighted by Crippen LogP contribution is 2.48. The molecule has 3 aliphatic carbocycles. The normalized spacial score (nSPS) is 30.5. The summed E-state index contributed by atoms with van der Waals surface area (Å²) in [4.78, 5) is 13.0. The average Bonchev–Trinajstić information content (AvgIpc) is 2.68. The molecule has 2 unspecified atom stereocenters. The van der Waals surface area contributed by atoms with Crippen molar-refractivity contribution in [2.75, 3.05) is 10.6 Å². The summed E-state index contributed by atoms with van der Waals surface area (Å²) >= 11 is 0. The monoisotopic (exact) mass is 454 g/mol. The number of nitrogens with one attached hydrogen (secondary N) is 2. The number of aryl methyl sites for hydroxylation is 1. The molecule has 0 amide bonds. The number of hydrogen-bond acceptors (Lipinski definition) is 4. The highest BCUT2D eigenvalue weighted by atomic mass is 16.6. The van der Waals surface area contributed by atoms with E-state index in [0.717, 1.165) is 34.7 Å². The van der Waals surface area contributed by atoms with E-state index in [0.29, 0.717) is 11.6 Å². The van der Waals surface area contributed by atoms with Gasteiger partial charge in [0, 0.05) is 11.6 Å². The molecule has 4 rings (SSSR count). The summed E-state index contributed by atoms with van der Waals surface area (Å²) in [7, 11) is 0. The van der Waals surface area contributed by atoms with Crippen molar-refractivity contribution in [3.8, 4) is 0 Å². The minimum Gasteiger partial charge on any atom is -0.456 e. The van der Waals surface area contributed by atoms with Gasteiger partial charge in [0.05, 0.1) is 16.9 Å². The molecule has 33 heavy (non-hydrogen) atoms. The maximum Gasteiger partial charge on any atom is 0.338 e. The van der Waals surface area contributed by atoms with E-state index in [2.05, 4.69) is 36.6 Å². The molecule has 0 spiro atoms. The maximum atomic E-state index is 13.0. The van der Waals surface area contributed by atoms with Gasteiger partial charge in [-0.05, 0) is 115 Å². The number of carbonyl (C=O) groups excluding carboxylic acids is 1. The van der Waals surface area contributed by atoms with Gasteiger partial charge in [-0.3, -0.25) is 0 Å². The van der Waals surface area contributed by atoms with Crippen molar-refractivity contribution >= 4 is 17.3 Å². The van der Waals surface area contributed by atoms with Gasteiger partial charge in [0.15, 0.2) is 0 Å². The largest absolute Gasteiger partial charge is 0.456 e. The van der Waals surface area contributed by atoms with E-state index in [4.69, 9.17) is 4.74 Å². The highest BCUT2D eigenvalue weighted by molar-refractivity contribution is 5.94. The summed E-state index contributed by atoms with van der Waals surface area (Å²) in [5, 5.41) is 7.83. The SMILES string of the molecule is Cc1cc(NC2(C)CC3CC(C)CC(C3)C2)c(NC2CCCCC2)cc1C(=O)OC(C)(C)C. The van der Waals surface area contributed by atoms with Crippen molar-refractivity contribution in [2.45, 2.75) is 123 Å². The summed E-state index contributed by atoms with van der Waals surface area (Å²) < 4.78 is 5.73. The Kier molecular flexibility index (Phi) is 7.03. The van der Waals surface area contributed by atoms with Gasteiger partial charge in [-0.25, -0.2) is 4.79 Å². The van der Waals surface area contributed by atoms with Crippen LogP contribution in [0.2, 0.25) is 0 Å². The second-order valence-electron chi connectivity index (χ2n) is 12.8. The van der Waals surface area contributed by atoms with E-state index in [1.807, 2.05) is 27.7 Å². The van der Waals surface area contributed by atoms with Crippen LogP contribution >= 0.6 is 0 Å². The van der Waals surface area contributed by atoms with Crippen LogP contribution in [0.5, 0.6) is 0 Å². The van der Waals surface area contributed by atoms with Crippen molar-refractivity contribution in [2.24, 2.45) is 17.8 Å². The van der Waals surface area contributed by atoms with Crippen LogP contribution in [0.25, 0.3) is 0 Å². The number of benzene rings is 1. The Hall–Kier alpha value is -1.71. The lowest BCUT2D eigenvalue weighted by molar-refractivity contribution is 0.00688. The molecule has 4 heteroatoms. The van der Waals surface area contributed by atoms with Gasteiger partial charge in [0.1, 0.15) is 5.60 Å². The topological polar surface area (TPSA) is 50.4 Å². The molecule has 184 valence electrons. The summed E-state index contributed by atoms with van der Waals surface area (Å²) in [6.07, 6.45) is 12.9. The van der Waals surface area contributed by atoms with Crippen molar-refractivity contribution in [1.29, 1.82) is 0 Å². The number of rotatable bonds is 5. The zero-order chi connectivity index (χ0) is 23.8. The lowest BCUT2D eigenvalue weighted by Gasteiger charge is -2.48. The van der Waals surface area contributed by atoms with Crippen LogP contribution in [0.3, 0.4) is 0 Å². The van der Waals surface area contributed by atoms with E-state index >= 15 is 0 Å². The van der Waals surface area contributed by atoms with Crippen LogP contribution in [-0.2, 0) is 4.74 Å². The van der Waals surface area contributed by atoms with Gasteiger partial charge in [-0.2, -0.15) is 0 Å². The van der Waals surface area contributed by atoms with Crippen LogP contribution < -0.4 is 10.6 Å². The van der Waals surface area contributed by atoms with E-state index in [-0.39, 0.29) is 11.5 Å². The number of carbonyl (C=O) groups is 1. The molecule has 2 atom stereocenters. The molecule has 3 saturated carbocycles. The minimum absolute atomic E-state index is 0.108. The molecule has 0 radical (unpaired) electrons. The molecule has 1 aromatic carbocycles. The Labute approximate surface area is 201 Å². The Bertz CT molecular complexity index is 832. The third-order valence-electron chi connectivity index (χ3n) is 8.00. The van der Waals surface area contributed by atoms with Crippen LogP contribution in [0.1, 0.15) is 115 Å². The van der Waals surface area contributed by atoms with Crippen molar-refractivity contribution in [1.82, 2.24) is 0 Å². The fourth-order valence-corrected chi connectivity index (χ4v) is 6.97. The van der Waals surface area contributed by atoms with E-state index in [1.165, 1.54) is 64.2 Å². The molecular formula is C29H46N2O2. The summed E-state index contributed by atoms with van der Waals surface area (Å²) in [5.41, 5.74) is 3.49. The summed E-state index contributed by atoms with van der Waals surface area (Å²) in [6, 6.07) is 4.71. The van der Waals surface area contributed by atoms with Crippen LogP contribution in [0.4, 0.5) is 11.4 Å². The fourth-order valence-electron chi connectivity index (χ4n) is 6.97. The van der Waals surface area contributed by atoms with Crippen LogP contribution in [0.15, 0.2) is 12.1 Å². The van der Waals surface area contributed by atoms with E-state index in [1.54, 1.807) is 0 Å². The molecule has 0 heterocycles. The number of hydrogen-bond donors (Lipinski definition) is 2. The smallest absolute Gasteiger partial charge is 0.338 e. The Balaban J connectivity index is 1.61. The van der Waals surface area contributed by atoms with Crippen molar-refractivity contribution in [3.05, 3.63) is 23.3 Å². The molecule has 0 aromatic heterocycles. The predicted octanol–water partition coefficient (Wildman–Crippen LogP) is 7.71. The van der Waals surface area contributed by atoms with Gasteiger partial charge < -0.3 is 15.4 Å². The molecule has 0 saturated heterocycles. The van der Waals surface area contributed by atoms with Crippen molar-refractivity contribution < 1.29 is 9.53 Å². The third-order valence-corrected chi connectivity index (χ3v) is 8.00. The Morgan fingerprint density at radius 3 is 2.24 bits per heavy atom. The Morgan fingerprint density at radius 2 is 1.64 bits per heavy atom. The molecule has 4 nitrogen and oxygen atoms in total. The van der Waals surface area contributed by atoms with Crippen LogP contribution in [-0.4, -0.2) is 23.2 Å². The van der Waals surface area contributed by atoms with E-state index in [9.17, 15) is 4.79 Å². The minimum atomic E-state index is -0.498. The van der Waals surface area contributed by atoms with Gasteiger partial charge in [-0.15, -0.1) is 0 Å². The third kappa shape index (κ3) is 6.25. The molecule has 3 fully saturated rings. The quantitative estimate of drug-likeness (QED) is 0.447. The summed E-state index contributed by atoms with van der Waals surface area (Å²) in [6.45, 7) is 12.7. The molecule has 0 aliphatic heterocycles. The number of anilines is 2.